The molecule has 0 saturated heterocycles. The molecule has 3 aromatic carbocycles. The van der Waals surface area contributed by atoms with Gasteiger partial charge in [-0.25, -0.2) is 4.39 Å². The van der Waals surface area contributed by atoms with Crippen LogP contribution in [0.1, 0.15) is 31.7 Å². The predicted octanol–water partition coefficient (Wildman–Crippen LogP) is 6.47. The topological polar surface area (TPSA) is 26.0 Å². The van der Waals surface area contributed by atoms with E-state index < -0.39 is 0 Å². The van der Waals surface area contributed by atoms with E-state index in [1.165, 1.54) is 24.8 Å². The second-order valence-electron chi connectivity index (χ2n) is 6.47. The average molecular weight is 333 g/mol. The summed E-state index contributed by atoms with van der Waals surface area (Å²) in [7, 11) is 0. The quantitative estimate of drug-likeness (QED) is 0.406. The van der Waals surface area contributed by atoms with Gasteiger partial charge in [-0.2, -0.15) is 0 Å². The number of benzene rings is 3. The molecule has 0 radical (unpaired) electrons. The Morgan fingerprint density at radius 3 is 2.04 bits per heavy atom. The second kappa shape index (κ2) is 7.98. The van der Waals surface area contributed by atoms with Crippen LogP contribution in [0.2, 0.25) is 0 Å². The molecule has 2 N–H and O–H groups in total. The molecule has 0 aliphatic rings. The van der Waals surface area contributed by atoms with Gasteiger partial charge in [0.15, 0.2) is 0 Å². The van der Waals surface area contributed by atoms with Crippen molar-refractivity contribution in [1.29, 1.82) is 0 Å². The Balaban J connectivity index is 1.79. The Bertz CT molecular complexity index is 820. The Morgan fingerprint density at radius 1 is 0.760 bits per heavy atom. The molecule has 3 rings (SSSR count). The summed E-state index contributed by atoms with van der Waals surface area (Å²) in [4.78, 5) is 0. The van der Waals surface area contributed by atoms with Crippen molar-refractivity contribution in [2.24, 2.45) is 0 Å². The van der Waals surface area contributed by atoms with E-state index in [4.69, 9.17) is 5.73 Å². The number of unbranched alkanes of at least 4 members (excludes halogenated alkanes) is 2. The molecule has 3 aromatic rings. The summed E-state index contributed by atoms with van der Waals surface area (Å²) < 4.78 is 14.6. The third kappa shape index (κ3) is 4.27. The fourth-order valence-electron chi connectivity index (χ4n) is 3.03. The number of anilines is 1. The van der Waals surface area contributed by atoms with Crippen molar-refractivity contribution in [1.82, 2.24) is 0 Å². The van der Waals surface area contributed by atoms with Crippen LogP contribution in [0.25, 0.3) is 22.3 Å². The van der Waals surface area contributed by atoms with Gasteiger partial charge in [-0.3, -0.25) is 0 Å². The van der Waals surface area contributed by atoms with E-state index >= 15 is 0 Å². The molecule has 1 nitrogen and oxygen atoms in total. The first-order valence-electron chi connectivity index (χ1n) is 8.92. The fraction of sp³-hybridized carbons (Fsp3) is 0.217. The van der Waals surface area contributed by atoms with Gasteiger partial charge in [-0.15, -0.1) is 0 Å². The zero-order chi connectivity index (χ0) is 17.6. The van der Waals surface area contributed by atoms with E-state index in [2.05, 4.69) is 31.2 Å². The number of hydrogen-bond donors (Lipinski definition) is 1. The molecule has 25 heavy (non-hydrogen) atoms. The Hall–Kier alpha value is -2.61. The van der Waals surface area contributed by atoms with Crippen molar-refractivity contribution in [3.8, 4) is 22.3 Å². The average Bonchev–Trinajstić information content (AvgIpc) is 2.63. The van der Waals surface area contributed by atoms with Crippen molar-refractivity contribution in [3.05, 3.63) is 78.1 Å². The molecule has 0 heterocycles. The minimum absolute atomic E-state index is 0.214. The summed E-state index contributed by atoms with van der Waals surface area (Å²) >= 11 is 0. The lowest BCUT2D eigenvalue weighted by Gasteiger charge is -2.08. The molecule has 2 heteroatoms. The molecule has 0 bridgehead atoms. The highest BCUT2D eigenvalue weighted by Crippen LogP contribution is 2.28. The zero-order valence-electron chi connectivity index (χ0n) is 14.6. The molecule has 0 fully saturated rings. The molecule has 0 saturated carbocycles. The highest BCUT2D eigenvalue weighted by molar-refractivity contribution is 5.72. The standard InChI is InChI=1S/C23H24FN/c1-2-3-4-5-17-6-8-18(9-7-17)20-12-15-22(23(24)16-20)19-10-13-21(25)14-11-19/h6-16H,2-5,25H2,1H3. The van der Waals surface area contributed by atoms with E-state index in [0.717, 1.165) is 23.1 Å². The van der Waals surface area contributed by atoms with Gasteiger partial charge in [-0.1, -0.05) is 68.3 Å². The third-order valence-corrected chi connectivity index (χ3v) is 4.55. The smallest absolute Gasteiger partial charge is 0.131 e. The minimum Gasteiger partial charge on any atom is -0.399 e. The Kier molecular flexibility index (Phi) is 5.49. The van der Waals surface area contributed by atoms with Crippen LogP contribution in [-0.2, 0) is 6.42 Å². The SMILES string of the molecule is CCCCCc1ccc(-c2ccc(-c3ccc(N)cc3)c(F)c2)cc1. The van der Waals surface area contributed by atoms with E-state index in [-0.39, 0.29) is 5.82 Å². The minimum atomic E-state index is -0.214. The third-order valence-electron chi connectivity index (χ3n) is 4.55. The van der Waals surface area contributed by atoms with Crippen LogP contribution in [0, 0.1) is 5.82 Å². The van der Waals surface area contributed by atoms with E-state index in [9.17, 15) is 4.39 Å². The summed E-state index contributed by atoms with van der Waals surface area (Å²) in [5.41, 5.74) is 11.1. The van der Waals surface area contributed by atoms with Crippen LogP contribution in [0.5, 0.6) is 0 Å². The van der Waals surface area contributed by atoms with E-state index in [0.29, 0.717) is 11.3 Å². The summed E-state index contributed by atoms with van der Waals surface area (Å²) in [6, 6.07) is 21.2. The monoisotopic (exact) mass is 333 g/mol. The molecule has 0 spiro atoms. The Morgan fingerprint density at radius 2 is 1.40 bits per heavy atom. The maximum absolute atomic E-state index is 14.6. The van der Waals surface area contributed by atoms with Gasteiger partial charge in [0.1, 0.15) is 5.82 Å². The number of rotatable bonds is 6. The van der Waals surface area contributed by atoms with Crippen molar-refractivity contribution >= 4 is 5.69 Å². The van der Waals surface area contributed by atoms with Crippen molar-refractivity contribution < 1.29 is 4.39 Å². The largest absolute Gasteiger partial charge is 0.399 e. The first-order chi connectivity index (χ1) is 12.2. The predicted molar refractivity (Wildman–Crippen MR) is 105 cm³/mol. The van der Waals surface area contributed by atoms with Crippen LogP contribution in [0.15, 0.2) is 66.7 Å². The first kappa shape index (κ1) is 17.2. The van der Waals surface area contributed by atoms with Gasteiger partial charge in [0, 0.05) is 11.3 Å². The van der Waals surface area contributed by atoms with Crippen molar-refractivity contribution in [2.45, 2.75) is 32.6 Å². The number of aryl methyl sites for hydroxylation is 1. The molecule has 0 unspecified atom stereocenters. The van der Waals surface area contributed by atoms with Crippen LogP contribution in [0.3, 0.4) is 0 Å². The lowest BCUT2D eigenvalue weighted by Crippen LogP contribution is -1.89. The lowest BCUT2D eigenvalue weighted by atomic mass is 9.98. The van der Waals surface area contributed by atoms with Gasteiger partial charge >= 0.3 is 0 Å². The number of nitrogen functional groups attached to an aromatic ring is 1. The molecular weight excluding hydrogens is 309 g/mol. The van der Waals surface area contributed by atoms with Gasteiger partial charge in [0.2, 0.25) is 0 Å². The summed E-state index contributed by atoms with van der Waals surface area (Å²) in [5, 5.41) is 0. The van der Waals surface area contributed by atoms with Crippen molar-refractivity contribution in [2.75, 3.05) is 5.73 Å². The van der Waals surface area contributed by atoms with Gasteiger partial charge in [0.25, 0.3) is 0 Å². The first-order valence-corrected chi connectivity index (χ1v) is 8.92. The maximum atomic E-state index is 14.6. The molecule has 0 aromatic heterocycles. The van der Waals surface area contributed by atoms with Gasteiger partial charge in [0.05, 0.1) is 0 Å². The van der Waals surface area contributed by atoms with Crippen molar-refractivity contribution in [3.63, 3.8) is 0 Å². The van der Waals surface area contributed by atoms with E-state index in [1.54, 1.807) is 18.2 Å². The normalized spacial score (nSPS) is 10.8. The summed E-state index contributed by atoms with van der Waals surface area (Å²) in [5.74, 6) is -0.214. The van der Waals surface area contributed by atoms with Crippen LogP contribution in [0.4, 0.5) is 10.1 Å². The molecule has 0 aliphatic heterocycles. The van der Waals surface area contributed by atoms with Crippen LogP contribution in [-0.4, -0.2) is 0 Å². The molecule has 0 aliphatic carbocycles. The van der Waals surface area contributed by atoms with Crippen LogP contribution >= 0.6 is 0 Å². The zero-order valence-corrected chi connectivity index (χ0v) is 14.6. The van der Waals surface area contributed by atoms with Gasteiger partial charge in [-0.05, 0) is 53.3 Å². The Labute approximate surface area is 149 Å². The van der Waals surface area contributed by atoms with Gasteiger partial charge < -0.3 is 5.73 Å². The lowest BCUT2D eigenvalue weighted by molar-refractivity contribution is 0.632. The maximum Gasteiger partial charge on any atom is 0.131 e. The molecular formula is C23H24FN. The fourth-order valence-corrected chi connectivity index (χ4v) is 3.03. The molecule has 0 amide bonds. The highest BCUT2D eigenvalue weighted by Gasteiger charge is 2.07. The molecule has 0 atom stereocenters. The number of hydrogen-bond acceptors (Lipinski definition) is 1. The number of halogens is 1. The summed E-state index contributed by atoms with van der Waals surface area (Å²) in [6.07, 6.45) is 4.83. The van der Waals surface area contributed by atoms with E-state index in [1.807, 2.05) is 24.3 Å². The van der Waals surface area contributed by atoms with Crippen LogP contribution < -0.4 is 5.73 Å². The second-order valence-corrected chi connectivity index (χ2v) is 6.47. The summed E-state index contributed by atoms with van der Waals surface area (Å²) in [6.45, 7) is 2.21. The highest BCUT2D eigenvalue weighted by atomic mass is 19.1. The number of nitrogens with two attached hydrogens (primary N) is 1. The molecule has 128 valence electrons.